The average molecular weight is 389 g/mol. The lowest BCUT2D eigenvalue weighted by molar-refractivity contribution is 0.0989. The Balaban J connectivity index is 1.78. The highest BCUT2D eigenvalue weighted by molar-refractivity contribution is 7.90. The molecule has 0 radical (unpaired) electrons. The number of carbonyl (C=O) groups excluding carboxylic acids is 1. The van der Waals surface area contributed by atoms with Gasteiger partial charge >= 0.3 is 0 Å². The van der Waals surface area contributed by atoms with Crippen LogP contribution in [0.2, 0.25) is 0 Å². The van der Waals surface area contributed by atoms with Gasteiger partial charge in [0.1, 0.15) is 10.6 Å². The molecule has 27 heavy (non-hydrogen) atoms. The van der Waals surface area contributed by atoms with Crippen LogP contribution >= 0.6 is 0 Å². The SMILES string of the molecule is CC(N[S@+]([O-])C(C)(C)C)c1ccc2c(c1)CCN2C(=O)c1cccc(F)c1. The van der Waals surface area contributed by atoms with E-state index in [9.17, 15) is 13.7 Å². The van der Waals surface area contributed by atoms with Crippen LogP contribution < -0.4 is 9.62 Å². The van der Waals surface area contributed by atoms with E-state index in [4.69, 9.17) is 0 Å². The first-order valence-electron chi connectivity index (χ1n) is 9.05. The van der Waals surface area contributed by atoms with Gasteiger partial charge in [0.25, 0.3) is 5.91 Å². The van der Waals surface area contributed by atoms with Gasteiger partial charge in [0.2, 0.25) is 0 Å². The monoisotopic (exact) mass is 388 g/mol. The van der Waals surface area contributed by atoms with Crippen LogP contribution in [0.3, 0.4) is 0 Å². The molecule has 0 aromatic heterocycles. The predicted octanol–water partition coefficient (Wildman–Crippen LogP) is 4.14. The molecule has 6 heteroatoms. The number of hydrogen-bond acceptors (Lipinski definition) is 3. The third kappa shape index (κ3) is 4.34. The fourth-order valence-corrected chi connectivity index (χ4v) is 3.90. The van der Waals surface area contributed by atoms with Gasteiger partial charge < -0.3 is 9.45 Å². The molecular formula is C21H25FN2O2S. The number of rotatable bonds is 4. The van der Waals surface area contributed by atoms with Crippen LogP contribution in [0, 0.1) is 5.82 Å². The highest BCUT2D eigenvalue weighted by atomic mass is 32.2. The lowest BCUT2D eigenvalue weighted by Gasteiger charge is -2.26. The molecule has 144 valence electrons. The van der Waals surface area contributed by atoms with Crippen molar-refractivity contribution in [1.29, 1.82) is 0 Å². The molecule has 2 aromatic rings. The maximum Gasteiger partial charge on any atom is 0.258 e. The van der Waals surface area contributed by atoms with E-state index in [1.165, 1.54) is 12.1 Å². The summed E-state index contributed by atoms with van der Waals surface area (Å²) in [5.74, 6) is -0.608. The molecule has 0 saturated carbocycles. The van der Waals surface area contributed by atoms with Crippen molar-refractivity contribution in [3.63, 3.8) is 0 Å². The molecule has 1 N–H and O–H groups in total. The minimum absolute atomic E-state index is 0.0664. The molecule has 1 heterocycles. The van der Waals surface area contributed by atoms with E-state index in [0.29, 0.717) is 12.1 Å². The first kappa shape index (κ1) is 19.9. The number of hydrogen-bond donors (Lipinski definition) is 1. The fraction of sp³-hybridized carbons (Fsp3) is 0.381. The van der Waals surface area contributed by atoms with Crippen molar-refractivity contribution in [3.8, 4) is 0 Å². The number of anilines is 1. The van der Waals surface area contributed by atoms with Gasteiger partial charge in [-0.1, -0.05) is 18.2 Å². The van der Waals surface area contributed by atoms with Crippen molar-refractivity contribution >= 4 is 23.0 Å². The zero-order chi connectivity index (χ0) is 19.8. The molecule has 1 amide bonds. The lowest BCUT2D eigenvalue weighted by Crippen LogP contribution is -2.40. The standard InChI is InChI=1S/C21H25FN2O2S/c1-14(23-27(26)21(2,3)4)15-8-9-19-16(12-15)10-11-24(19)20(25)17-6-5-7-18(22)13-17/h5-9,12-14,23H,10-11H2,1-4H3/t14?,27-/m1/s1. The van der Waals surface area contributed by atoms with Crippen LogP contribution in [0.25, 0.3) is 0 Å². The Hall–Kier alpha value is -1.89. The third-order valence-electron chi connectivity index (χ3n) is 4.66. The highest BCUT2D eigenvalue weighted by Gasteiger charge is 2.30. The van der Waals surface area contributed by atoms with Crippen LogP contribution in [0.15, 0.2) is 42.5 Å². The average Bonchev–Trinajstić information content (AvgIpc) is 3.03. The summed E-state index contributed by atoms with van der Waals surface area (Å²) >= 11 is -1.16. The largest absolute Gasteiger partial charge is 0.598 e. The predicted molar refractivity (Wildman–Crippen MR) is 108 cm³/mol. The van der Waals surface area contributed by atoms with E-state index in [0.717, 1.165) is 23.2 Å². The smallest absolute Gasteiger partial charge is 0.258 e. The van der Waals surface area contributed by atoms with Crippen LogP contribution in [0.1, 0.15) is 55.2 Å². The molecule has 1 aliphatic rings. The summed E-state index contributed by atoms with van der Waals surface area (Å²) in [6, 6.07) is 11.6. The van der Waals surface area contributed by atoms with Gasteiger partial charge in [-0.05, 0) is 69.5 Å². The third-order valence-corrected chi connectivity index (χ3v) is 6.34. The normalized spacial score (nSPS) is 16.1. The molecule has 0 aliphatic carbocycles. The molecule has 0 saturated heterocycles. The molecule has 2 atom stereocenters. The first-order chi connectivity index (χ1) is 12.7. The molecule has 0 spiro atoms. The van der Waals surface area contributed by atoms with Crippen molar-refractivity contribution < 1.29 is 13.7 Å². The van der Waals surface area contributed by atoms with E-state index >= 15 is 0 Å². The van der Waals surface area contributed by atoms with E-state index < -0.39 is 17.2 Å². The maximum absolute atomic E-state index is 13.4. The van der Waals surface area contributed by atoms with Gasteiger partial charge in [0.05, 0.1) is 6.04 Å². The van der Waals surface area contributed by atoms with Crippen LogP contribution in [-0.2, 0) is 17.8 Å². The molecule has 0 fully saturated rings. The Labute approximate surface area is 163 Å². The second kappa shape index (κ2) is 7.62. The van der Waals surface area contributed by atoms with Gasteiger partial charge in [-0.2, -0.15) is 0 Å². The van der Waals surface area contributed by atoms with Crippen LogP contribution in [-0.4, -0.2) is 21.8 Å². The minimum atomic E-state index is -1.16. The van der Waals surface area contributed by atoms with Gasteiger partial charge in [0, 0.05) is 29.2 Å². The Morgan fingerprint density at radius 3 is 2.67 bits per heavy atom. The van der Waals surface area contributed by atoms with Gasteiger partial charge in [-0.3, -0.25) is 4.79 Å². The van der Waals surface area contributed by atoms with E-state index in [2.05, 4.69) is 10.8 Å². The lowest BCUT2D eigenvalue weighted by atomic mass is 10.0. The van der Waals surface area contributed by atoms with Crippen molar-refractivity contribution in [2.45, 2.75) is 44.9 Å². The van der Waals surface area contributed by atoms with Crippen molar-refractivity contribution in [1.82, 2.24) is 4.72 Å². The van der Waals surface area contributed by atoms with Crippen molar-refractivity contribution in [2.75, 3.05) is 11.4 Å². The topological polar surface area (TPSA) is 55.4 Å². The zero-order valence-electron chi connectivity index (χ0n) is 16.1. The summed E-state index contributed by atoms with van der Waals surface area (Å²) < 4.78 is 28.6. The molecule has 3 rings (SSSR count). The molecule has 4 nitrogen and oxygen atoms in total. The molecular weight excluding hydrogens is 363 g/mol. The second-order valence-electron chi connectivity index (χ2n) is 7.83. The summed E-state index contributed by atoms with van der Waals surface area (Å²) in [6.07, 6.45) is 0.749. The van der Waals surface area contributed by atoms with Crippen LogP contribution in [0.5, 0.6) is 0 Å². The first-order valence-corrected chi connectivity index (χ1v) is 10.2. The van der Waals surface area contributed by atoms with E-state index in [1.54, 1.807) is 17.0 Å². The number of benzene rings is 2. The summed E-state index contributed by atoms with van der Waals surface area (Å²) in [4.78, 5) is 14.4. The van der Waals surface area contributed by atoms with Crippen LogP contribution in [0.4, 0.5) is 10.1 Å². The summed E-state index contributed by atoms with van der Waals surface area (Å²) in [5.41, 5.74) is 3.32. The number of amides is 1. The zero-order valence-corrected chi connectivity index (χ0v) is 16.9. The quantitative estimate of drug-likeness (QED) is 0.801. The fourth-order valence-electron chi connectivity index (χ4n) is 3.08. The summed E-state index contributed by atoms with van der Waals surface area (Å²) in [5, 5.41) is 0. The molecule has 1 unspecified atom stereocenters. The van der Waals surface area contributed by atoms with Crippen molar-refractivity contribution in [2.24, 2.45) is 0 Å². The number of carbonyl (C=O) groups is 1. The molecule has 0 bridgehead atoms. The number of halogens is 1. The van der Waals surface area contributed by atoms with Gasteiger partial charge in [-0.25, -0.2) is 4.39 Å². The molecule has 1 aliphatic heterocycles. The Bertz CT molecular complexity index is 850. The Kier molecular flexibility index (Phi) is 5.60. The van der Waals surface area contributed by atoms with E-state index in [1.807, 2.05) is 39.8 Å². The second-order valence-corrected chi connectivity index (χ2v) is 9.82. The van der Waals surface area contributed by atoms with Crippen molar-refractivity contribution in [3.05, 3.63) is 65.0 Å². The van der Waals surface area contributed by atoms with Gasteiger partial charge in [-0.15, -0.1) is 4.72 Å². The minimum Gasteiger partial charge on any atom is -0.598 e. The van der Waals surface area contributed by atoms with Gasteiger partial charge in [0.15, 0.2) is 0 Å². The number of nitrogens with one attached hydrogen (secondary N) is 1. The highest BCUT2D eigenvalue weighted by Crippen LogP contribution is 2.32. The number of nitrogens with zero attached hydrogens (tertiary/aromatic N) is 1. The Morgan fingerprint density at radius 2 is 2.00 bits per heavy atom. The summed E-state index contributed by atoms with van der Waals surface area (Å²) in [7, 11) is 0. The summed E-state index contributed by atoms with van der Waals surface area (Å²) in [6.45, 7) is 8.35. The molecule has 2 aromatic carbocycles. The Morgan fingerprint density at radius 1 is 1.26 bits per heavy atom. The number of fused-ring (bicyclic) bond motifs is 1. The van der Waals surface area contributed by atoms with E-state index in [-0.39, 0.29) is 16.7 Å². The maximum atomic E-state index is 13.4.